The zero-order chi connectivity index (χ0) is 31.7. The number of carbonyl (C=O) groups excluding carboxylic acids is 2. The molecule has 12 heteroatoms. The SMILES string of the molecule is CC(C)C(C=O)NC(=O)OC(C)(C)C.CC(C)C(NC(=O)O)C(O)C(O)C(NC(=O)O)(C(C)(C)C)C(C)(C)C. The molecule has 0 fully saturated rings. The molecule has 0 aromatic rings. The van der Waals surface area contributed by atoms with Gasteiger partial charge in [-0.25, -0.2) is 14.4 Å². The monoisotopic (exact) mass is 563 g/mol. The van der Waals surface area contributed by atoms with Crippen molar-refractivity contribution in [3.63, 3.8) is 0 Å². The van der Waals surface area contributed by atoms with Crippen molar-refractivity contribution < 1.29 is 44.3 Å². The molecule has 0 aliphatic heterocycles. The maximum Gasteiger partial charge on any atom is 0.408 e. The minimum atomic E-state index is -1.55. The van der Waals surface area contributed by atoms with E-state index in [2.05, 4.69) is 16.0 Å². The lowest BCUT2D eigenvalue weighted by Gasteiger charge is -2.57. The van der Waals surface area contributed by atoms with Crippen molar-refractivity contribution >= 4 is 24.6 Å². The van der Waals surface area contributed by atoms with Crippen LogP contribution in [0.2, 0.25) is 0 Å². The van der Waals surface area contributed by atoms with Crippen molar-refractivity contribution in [2.45, 2.75) is 125 Å². The molecule has 39 heavy (non-hydrogen) atoms. The van der Waals surface area contributed by atoms with Crippen LogP contribution in [0.25, 0.3) is 0 Å². The highest BCUT2D eigenvalue weighted by Crippen LogP contribution is 2.47. The van der Waals surface area contributed by atoms with Gasteiger partial charge in [-0.15, -0.1) is 0 Å². The topological polar surface area (TPSA) is 195 Å². The molecule has 7 N–H and O–H groups in total. The highest BCUT2D eigenvalue weighted by atomic mass is 16.6. The second-order valence-corrected chi connectivity index (χ2v) is 13.4. The first-order chi connectivity index (χ1) is 17.2. The highest BCUT2D eigenvalue weighted by Gasteiger charge is 2.59. The van der Waals surface area contributed by atoms with Crippen LogP contribution in [-0.2, 0) is 9.53 Å². The van der Waals surface area contributed by atoms with Crippen LogP contribution >= 0.6 is 0 Å². The van der Waals surface area contributed by atoms with Crippen LogP contribution in [0.1, 0.15) is 90.0 Å². The van der Waals surface area contributed by atoms with E-state index in [-0.39, 0.29) is 11.8 Å². The first-order valence-corrected chi connectivity index (χ1v) is 13.1. The predicted octanol–water partition coefficient (Wildman–Crippen LogP) is 3.83. The van der Waals surface area contributed by atoms with Gasteiger partial charge < -0.3 is 45.9 Å². The molecule has 0 heterocycles. The number of hydrogen-bond donors (Lipinski definition) is 7. The van der Waals surface area contributed by atoms with Crippen molar-refractivity contribution in [2.75, 3.05) is 0 Å². The molecule has 4 atom stereocenters. The molecule has 0 saturated carbocycles. The molecule has 0 spiro atoms. The van der Waals surface area contributed by atoms with Gasteiger partial charge in [0.2, 0.25) is 0 Å². The molecule has 4 unspecified atom stereocenters. The molecule has 0 rings (SSSR count). The Bertz CT molecular complexity index is 795. The van der Waals surface area contributed by atoms with Crippen molar-refractivity contribution in [2.24, 2.45) is 22.7 Å². The second kappa shape index (κ2) is 14.7. The van der Waals surface area contributed by atoms with E-state index < -0.39 is 64.5 Å². The quantitative estimate of drug-likeness (QED) is 0.204. The second-order valence-electron chi connectivity index (χ2n) is 13.4. The van der Waals surface area contributed by atoms with E-state index in [4.69, 9.17) is 9.84 Å². The third-order valence-electron chi connectivity index (χ3n) is 6.36. The summed E-state index contributed by atoms with van der Waals surface area (Å²) < 4.78 is 5.01. The van der Waals surface area contributed by atoms with Gasteiger partial charge in [0.15, 0.2) is 0 Å². The first-order valence-electron chi connectivity index (χ1n) is 13.1. The van der Waals surface area contributed by atoms with Crippen molar-refractivity contribution in [1.29, 1.82) is 0 Å². The molecule has 0 aliphatic carbocycles. The molecule has 12 nitrogen and oxygen atoms in total. The van der Waals surface area contributed by atoms with Gasteiger partial charge in [0.25, 0.3) is 0 Å². The number of rotatable bonds is 9. The Morgan fingerprint density at radius 2 is 1.18 bits per heavy atom. The summed E-state index contributed by atoms with van der Waals surface area (Å²) >= 11 is 0. The fourth-order valence-corrected chi connectivity index (χ4v) is 4.67. The fraction of sp³-hybridized carbons (Fsp3) is 0.852. The number of nitrogens with one attached hydrogen (secondary N) is 3. The Morgan fingerprint density at radius 3 is 1.44 bits per heavy atom. The number of hydrogen-bond acceptors (Lipinski definition) is 7. The van der Waals surface area contributed by atoms with Crippen LogP contribution in [0.3, 0.4) is 0 Å². The summed E-state index contributed by atoms with van der Waals surface area (Å²) in [6.07, 6.45) is -5.56. The van der Waals surface area contributed by atoms with Crippen LogP contribution < -0.4 is 16.0 Å². The van der Waals surface area contributed by atoms with Gasteiger partial charge >= 0.3 is 18.3 Å². The molecule has 230 valence electrons. The standard InChI is InChI=1S/C17H34N2O6.C10H19NO3/c1-9(2)10(18-13(22)23)11(20)12(21)17(15(3,4)5,16(6,7)8)19-14(24)25;1-7(2)8(6-12)11-9(13)14-10(3,4)5/h9-12,18-21H,1-8H3,(H,22,23)(H,24,25);6-8H,1-5H3,(H,11,13). The van der Waals surface area contributed by atoms with Crippen molar-refractivity contribution in [3.05, 3.63) is 0 Å². The molecule has 0 aliphatic rings. The summed E-state index contributed by atoms with van der Waals surface area (Å²) in [6.45, 7) is 23.0. The maximum atomic E-state index is 11.5. The highest BCUT2D eigenvalue weighted by molar-refractivity contribution is 5.73. The number of ether oxygens (including phenoxy) is 1. The smallest absolute Gasteiger partial charge is 0.408 e. The summed E-state index contributed by atoms with van der Waals surface area (Å²) in [5, 5.41) is 47.4. The lowest BCUT2D eigenvalue weighted by Crippen LogP contribution is -2.74. The Morgan fingerprint density at radius 1 is 0.744 bits per heavy atom. The minimum absolute atomic E-state index is 0.0695. The summed E-state index contributed by atoms with van der Waals surface area (Å²) in [5.41, 5.74) is -3.54. The number of amides is 3. The van der Waals surface area contributed by atoms with E-state index in [1.807, 2.05) is 13.8 Å². The molecule has 0 aromatic heterocycles. The largest absolute Gasteiger partial charge is 0.465 e. The molecule has 0 bridgehead atoms. The van der Waals surface area contributed by atoms with Gasteiger partial charge in [-0.1, -0.05) is 69.2 Å². The summed E-state index contributed by atoms with van der Waals surface area (Å²) in [4.78, 5) is 44.4. The average Bonchev–Trinajstić information content (AvgIpc) is 2.69. The van der Waals surface area contributed by atoms with E-state index in [0.717, 1.165) is 0 Å². The van der Waals surface area contributed by atoms with Gasteiger partial charge in [-0.3, -0.25) is 0 Å². The van der Waals surface area contributed by atoms with Gasteiger partial charge in [-0.2, -0.15) is 0 Å². The van der Waals surface area contributed by atoms with Crippen LogP contribution in [0.4, 0.5) is 14.4 Å². The third-order valence-corrected chi connectivity index (χ3v) is 6.36. The Balaban J connectivity index is 0. The molecule has 0 saturated heterocycles. The molecule has 0 aromatic carbocycles. The molecule has 0 radical (unpaired) electrons. The van der Waals surface area contributed by atoms with Gasteiger partial charge in [0.1, 0.15) is 24.1 Å². The Kier molecular flexibility index (Phi) is 14.5. The molecular weight excluding hydrogens is 510 g/mol. The Labute approximate surface area is 233 Å². The number of carboxylic acid groups (broad SMARTS) is 2. The zero-order valence-electron chi connectivity index (χ0n) is 25.9. The van der Waals surface area contributed by atoms with Crippen LogP contribution in [0.15, 0.2) is 0 Å². The van der Waals surface area contributed by atoms with Gasteiger partial charge in [0.05, 0.1) is 17.6 Å². The summed E-state index contributed by atoms with van der Waals surface area (Å²) in [7, 11) is 0. The van der Waals surface area contributed by atoms with E-state index in [0.29, 0.717) is 6.29 Å². The van der Waals surface area contributed by atoms with Gasteiger partial charge in [0, 0.05) is 0 Å². The average molecular weight is 564 g/mol. The number of aliphatic hydroxyl groups excluding tert-OH is 2. The van der Waals surface area contributed by atoms with Gasteiger partial charge in [-0.05, 0) is 43.4 Å². The fourth-order valence-electron chi connectivity index (χ4n) is 4.67. The number of aldehydes is 1. The number of aliphatic hydroxyl groups is 2. The van der Waals surface area contributed by atoms with E-state index in [1.54, 1.807) is 76.2 Å². The number of alkyl carbamates (subject to hydrolysis) is 1. The van der Waals surface area contributed by atoms with Crippen LogP contribution in [-0.4, -0.2) is 80.4 Å². The summed E-state index contributed by atoms with van der Waals surface area (Å²) in [5.74, 6) is -0.247. The number of carbonyl (C=O) groups is 4. The van der Waals surface area contributed by atoms with Crippen molar-refractivity contribution in [1.82, 2.24) is 16.0 Å². The van der Waals surface area contributed by atoms with Crippen molar-refractivity contribution in [3.8, 4) is 0 Å². The van der Waals surface area contributed by atoms with E-state index in [1.165, 1.54) is 0 Å². The Hall–Kier alpha value is -2.60. The first kappa shape index (κ1) is 38.5. The van der Waals surface area contributed by atoms with Crippen LogP contribution in [0, 0.1) is 22.7 Å². The minimum Gasteiger partial charge on any atom is -0.465 e. The lowest BCUT2D eigenvalue weighted by molar-refractivity contribution is -0.134. The lowest BCUT2D eigenvalue weighted by atomic mass is 9.56. The van der Waals surface area contributed by atoms with E-state index in [9.17, 15) is 34.5 Å². The maximum absolute atomic E-state index is 11.5. The summed E-state index contributed by atoms with van der Waals surface area (Å²) in [6, 6.07) is -1.45. The normalized spacial score (nSPS) is 15.7. The predicted molar refractivity (Wildman–Crippen MR) is 149 cm³/mol. The zero-order valence-corrected chi connectivity index (χ0v) is 25.9. The molecular formula is C27H53N3O9. The van der Waals surface area contributed by atoms with E-state index >= 15 is 0 Å². The molecule has 3 amide bonds. The van der Waals surface area contributed by atoms with Crippen LogP contribution in [0.5, 0.6) is 0 Å². The third kappa shape index (κ3) is 12.0.